The number of benzene rings is 2. The predicted molar refractivity (Wildman–Crippen MR) is 112 cm³/mol. The summed E-state index contributed by atoms with van der Waals surface area (Å²) < 4.78 is 6.01. The molecule has 0 bridgehead atoms. The summed E-state index contributed by atoms with van der Waals surface area (Å²) in [6, 6.07) is 12.9. The number of oxazole rings is 1. The van der Waals surface area contributed by atoms with Crippen LogP contribution in [-0.4, -0.2) is 16.5 Å². The van der Waals surface area contributed by atoms with Crippen LogP contribution < -0.4 is 10.6 Å². The van der Waals surface area contributed by atoms with Gasteiger partial charge in [-0.05, 0) is 67.0 Å². The lowest BCUT2D eigenvalue weighted by atomic mass is 9.79. The summed E-state index contributed by atoms with van der Waals surface area (Å²) in [5.74, 6) is 0.790. The molecule has 2 aliphatic carbocycles. The van der Waals surface area contributed by atoms with Crippen LogP contribution >= 0.6 is 0 Å². The lowest BCUT2D eigenvalue weighted by molar-refractivity contribution is 0.451. The van der Waals surface area contributed by atoms with Crippen LogP contribution in [0.1, 0.15) is 51.4 Å². The Bertz CT molecular complexity index is 1080. The van der Waals surface area contributed by atoms with Gasteiger partial charge in [-0.1, -0.05) is 37.1 Å². The molecule has 2 heterocycles. The van der Waals surface area contributed by atoms with Crippen molar-refractivity contribution in [2.24, 2.45) is 4.99 Å². The Kier molecular flexibility index (Phi) is 3.52. The first kappa shape index (κ1) is 16.2. The summed E-state index contributed by atoms with van der Waals surface area (Å²) in [5, 5.41) is 9.22. The number of allylic oxidation sites excluding steroid dienone is 1. The SMILES string of the molecule is c1ccc2cc3oc(NC4=NC5(CCCC5)C5=C(CCCC5)N4)nc3cc2c1. The number of hydrogen-bond acceptors (Lipinski definition) is 5. The van der Waals surface area contributed by atoms with Crippen LogP contribution in [0.25, 0.3) is 21.9 Å². The standard InChI is InChI=1S/C23H24N4O/c1-2-8-16-14-20-19(13-15(16)7-1)25-22(28-20)26-21-24-18-10-4-3-9-17(18)23(27-21)11-5-6-12-23/h1-2,7-8,13-14H,3-6,9-12H2,(H2,24,25,26,27). The van der Waals surface area contributed by atoms with Crippen LogP contribution in [0.2, 0.25) is 0 Å². The molecule has 142 valence electrons. The molecular weight excluding hydrogens is 348 g/mol. The molecule has 28 heavy (non-hydrogen) atoms. The lowest BCUT2D eigenvalue weighted by Crippen LogP contribution is -2.44. The van der Waals surface area contributed by atoms with Gasteiger partial charge >= 0.3 is 6.01 Å². The van der Waals surface area contributed by atoms with Gasteiger partial charge in [0.1, 0.15) is 5.52 Å². The zero-order valence-corrected chi connectivity index (χ0v) is 15.9. The highest BCUT2D eigenvalue weighted by Gasteiger charge is 2.42. The van der Waals surface area contributed by atoms with E-state index < -0.39 is 0 Å². The summed E-state index contributed by atoms with van der Waals surface area (Å²) in [6.45, 7) is 0. The normalized spacial score (nSPS) is 21.1. The van der Waals surface area contributed by atoms with Gasteiger partial charge in [0.2, 0.25) is 5.96 Å². The number of rotatable bonds is 1. The van der Waals surface area contributed by atoms with Crippen molar-refractivity contribution in [1.29, 1.82) is 0 Å². The van der Waals surface area contributed by atoms with Crippen molar-refractivity contribution in [3.05, 3.63) is 47.7 Å². The molecule has 5 heteroatoms. The first-order chi connectivity index (χ1) is 13.8. The van der Waals surface area contributed by atoms with Crippen molar-refractivity contribution in [3.8, 4) is 0 Å². The maximum Gasteiger partial charge on any atom is 0.302 e. The second kappa shape index (κ2) is 6.09. The van der Waals surface area contributed by atoms with Gasteiger partial charge in [0, 0.05) is 5.70 Å². The Balaban J connectivity index is 1.36. The van der Waals surface area contributed by atoms with Crippen molar-refractivity contribution in [2.75, 3.05) is 5.32 Å². The fourth-order valence-corrected chi connectivity index (χ4v) is 5.21. The van der Waals surface area contributed by atoms with Gasteiger partial charge in [0.25, 0.3) is 0 Å². The molecule has 3 aliphatic rings. The number of hydrogen-bond donors (Lipinski definition) is 2. The zero-order chi connectivity index (χ0) is 18.6. The van der Waals surface area contributed by atoms with Crippen molar-refractivity contribution >= 4 is 33.8 Å². The average molecular weight is 372 g/mol. The molecule has 1 saturated carbocycles. The third-order valence-electron chi connectivity index (χ3n) is 6.54. The smallest absolute Gasteiger partial charge is 0.302 e. The second-order valence-electron chi connectivity index (χ2n) is 8.30. The van der Waals surface area contributed by atoms with Gasteiger partial charge in [-0.15, -0.1) is 0 Å². The number of nitrogens with zero attached hydrogens (tertiary/aromatic N) is 2. The van der Waals surface area contributed by atoms with Crippen molar-refractivity contribution in [1.82, 2.24) is 10.3 Å². The average Bonchev–Trinajstić information content (AvgIpc) is 3.33. The molecule has 1 aromatic heterocycles. The van der Waals surface area contributed by atoms with E-state index in [0.29, 0.717) is 6.01 Å². The molecule has 5 nitrogen and oxygen atoms in total. The first-order valence-electron chi connectivity index (χ1n) is 10.4. The number of aliphatic imine (C=N–C) groups is 1. The molecule has 6 rings (SSSR count). The molecule has 1 fully saturated rings. The summed E-state index contributed by atoms with van der Waals surface area (Å²) in [4.78, 5) is 9.82. The van der Waals surface area contributed by atoms with Gasteiger partial charge < -0.3 is 9.73 Å². The van der Waals surface area contributed by atoms with Crippen LogP contribution in [0.5, 0.6) is 0 Å². The Labute approximate surface area is 163 Å². The zero-order valence-electron chi connectivity index (χ0n) is 15.9. The predicted octanol–water partition coefficient (Wildman–Crippen LogP) is 5.49. The minimum atomic E-state index is 0.00400. The molecule has 0 atom stereocenters. The molecular formula is C23H24N4O. The van der Waals surface area contributed by atoms with E-state index in [1.807, 2.05) is 12.1 Å². The number of anilines is 1. The van der Waals surface area contributed by atoms with Crippen LogP contribution in [0.3, 0.4) is 0 Å². The Morgan fingerprint density at radius 1 is 0.964 bits per heavy atom. The van der Waals surface area contributed by atoms with Gasteiger partial charge in [-0.25, -0.2) is 4.99 Å². The van der Waals surface area contributed by atoms with Crippen LogP contribution in [0, 0.1) is 0 Å². The van der Waals surface area contributed by atoms with Crippen molar-refractivity contribution in [3.63, 3.8) is 0 Å². The third-order valence-corrected chi connectivity index (χ3v) is 6.54. The third kappa shape index (κ3) is 2.53. The van der Waals surface area contributed by atoms with E-state index in [-0.39, 0.29) is 5.54 Å². The van der Waals surface area contributed by atoms with Crippen LogP contribution in [-0.2, 0) is 0 Å². The minimum absolute atomic E-state index is 0.00400. The molecule has 0 amide bonds. The van der Waals surface area contributed by atoms with Gasteiger partial charge in [0.15, 0.2) is 5.58 Å². The molecule has 0 saturated heterocycles. The van der Waals surface area contributed by atoms with Crippen molar-refractivity contribution in [2.45, 2.75) is 56.9 Å². The highest BCUT2D eigenvalue weighted by atomic mass is 16.4. The van der Waals surface area contributed by atoms with E-state index in [2.05, 4.69) is 39.9 Å². The van der Waals surface area contributed by atoms with Gasteiger partial charge in [-0.3, -0.25) is 5.32 Å². The fraction of sp³-hybridized carbons (Fsp3) is 0.391. The van der Waals surface area contributed by atoms with E-state index in [1.165, 1.54) is 43.2 Å². The monoisotopic (exact) mass is 372 g/mol. The molecule has 1 spiro atoms. The molecule has 2 N–H and O–H groups in total. The quantitative estimate of drug-likeness (QED) is 0.593. The highest BCUT2D eigenvalue weighted by molar-refractivity contribution is 5.98. The summed E-state index contributed by atoms with van der Waals surface area (Å²) >= 11 is 0. The molecule has 0 radical (unpaired) electrons. The highest BCUT2D eigenvalue weighted by Crippen LogP contribution is 2.46. The minimum Gasteiger partial charge on any atom is -0.423 e. The van der Waals surface area contributed by atoms with Crippen molar-refractivity contribution < 1.29 is 4.42 Å². The van der Waals surface area contributed by atoms with Gasteiger partial charge in [-0.2, -0.15) is 4.98 Å². The number of nitrogens with one attached hydrogen (secondary N) is 2. The summed E-state index contributed by atoms with van der Waals surface area (Å²) in [7, 11) is 0. The lowest BCUT2D eigenvalue weighted by Gasteiger charge is -2.38. The van der Waals surface area contributed by atoms with E-state index in [9.17, 15) is 0 Å². The Hall–Kier alpha value is -2.82. The summed E-state index contributed by atoms with van der Waals surface area (Å²) in [5.41, 5.74) is 4.61. The maximum atomic E-state index is 6.01. The van der Waals surface area contributed by atoms with E-state index in [4.69, 9.17) is 9.41 Å². The maximum absolute atomic E-state index is 6.01. The van der Waals surface area contributed by atoms with E-state index in [1.54, 1.807) is 5.57 Å². The second-order valence-corrected chi connectivity index (χ2v) is 8.30. The topological polar surface area (TPSA) is 62.5 Å². The molecule has 0 unspecified atom stereocenters. The largest absolute Gasteiger partial charge is 0.423 e. The van der Waals surface area contributed by atoms with Crippen LogP contribution in [0.4, 0.5) is 6.01 Å². The van der Waals surface area contributed by atoms with Gasteiger partial charge in [0.05, 0.1) is 5.54 Å². The number of fused-ring (bicyclic) bond motifs is 3. The number of aromatic nitrogens is 1. The fourth-order valence-electron chi connectivity index (χ4n) is 5.21. The molecule has 1 aliphatic heterocycles. The summed E-state index contributed by atoms with van der Waals surface area (Å²) in [6.07, 6.45) is 9.72. The van der Waals surface area contributed by atoms with E-state index in [0.717, 1.165) is 41.7 Å². The number of guanidine groups is 1. The first-order valence-corrected chi connectivity index (χ1v) is 10.4. The Morgan fingerprint density at radius 3 is 2.61 bits per heavy atom. The van der Waals surface area contributed by atoms with Crippen LogP contribution in [0.15, 0.2) is 57.1 Å². The molecule has 2 aromatic carbocycles. The molecule has 3 aromatic rings. The van der Waals surface area contributed by atoms with E-state index >= 15 is 0 Å². The Morgan fingerprint density at radius 2 is 1.75 bits per heavy atom.